The predicted molar refractivity (Wildman–Crippen MR) is 210 cm³/mol. The molecule has 0 saturated heterocycles. The van der Waals surface area contributed by atoms with Crippen LogP contribution >= 0.6 is 0 Å². The van der Waals surface area contributed by atoms with Crippen LogP contribution < -0.4 is 0 Å². The van der Waals surface area contributed by atoms with E-state index in [9.17, 15) is 0 Å². The zero-order valence-electron chi connectivity index (χ0n) is 26.8. The van der Waals surface area contributed by atoms with E-state index in [1.54, 1.807) is 0 Å². The summed E-state index contributed by atoms with van der Waals surface area (Å²) in [5.41, 5.74) is 10.9. The highest BCUT2D eigenvalue weighted by molar-refractivity contribution is 6.25. The molecule has 0 N–H and O–H groups in total. The molecule has 9 aromatic carbocycles. The third-order valence-electron chi connectivity index (χ3n) is 10.2. The van der Waals surface area contributed by atoms with Crippen molar-refractivity contribution in [2.75, 3.05) is 0 Å². The molecule has 0 atom stereocenters. The summed E-state index contributed by atoms with van der Waals surface area (Å²) in [4.78, 5) is 0. The number of para-hydroxylation sites is 2. The minimum Gasteiger partial charge on any atom is -0.309 e. The lowest BCUT2D eigenvalue weighted by atomic mass is 9.91. The number of fused-ring (bicyclic) bond motifs is 9. The van der Waals surface area contributed by atoms with E-state index in [0.29, 0.717) is 0 Å². The van der Waals surface area contributed by atoms with Crippen molar-refractivity contribution in [2.45, 2.75) is 0 Å². The maximum Gasteiger partial charge on any atom is 0.0547 e. The van der Waals surface area contributed by atoms with Crippen LogP contribution in [0.4, 0.5) is 0 Å². The summed E-state index contributed by atoms with van der Waals surface area (Å²) in [6, 6.07) is 68.7. The number of aromatic nitrogens is 1. The van der Waals surface area contributed by atoms with Crippen molar-refractivity contribution < 1.29 is 0 Å². The Morgan fingerprint density at radius 1 is 0.245 bits per heavy atom. The van der Waals surface area contributed by atoms with E-state index in [0.717, 1.165) is 0 Å². The van der Waals surface area contributed by atoms with Crippen molar-refractivity contribution in [3.63, 3.8) is 0 Å². The molecule has 0 unspecified atom stereocenters. The number of nitrogens with zero attached hydrogens (tertiary/aromatic N) is 1. The van der Waals surface area contributed by atoms with Crippen LogP contribution in [0.5, 0.6) is 0 Å². The van der Waals surface area contributed by atoms with Gasteiger partial charge in [0.25, 0.3) is 0 Å². The third kappa shape index (κ3) is 4.40. The Bertz CT molecular complexity index is 2820. The summed E-state index contributed by atoms with van der Waals surface area (Å²) < 4.78 is 2.44. The minimum absolute atomic E-state index is 1.18. The second-order valence-electron chi connectivity index (χ2n) is 12.9. The Kier molecular flexibility index (Phi) is 6.25. The maximum atomic E-state index is 2.44. The fraction of sp³-hybridized carbons (Fsp3) is 0. The molecule has 1 heteroatoms. The third-order valence-corrected chi connectivity index (χ3v) is 10.2. The minimum atomic E-state index is 1.18. The summed E-state index contributed by atoms with van der Waals surface area (Å²) in [5, 5.41) is 10.3. The topological polar surface area (TPSA) is 4.93 Å². The average molecular weight is 622 g/mol. The fourth-order valence-corrected chi connectivity index (χ4v) is 7.88. The average Bonchev–Trinajstić information content (AvgIpc) is 3.52. The van der Waals surface area contributed by atoms with Gasteiger partial charge in [0.05, 0.1) is 16.7 Å². The van der Waals surface area contributed by atoms with Gasteiger partial charge in [-0.2, -0.15) is 0 Å². The van der Waals surface area contributed by atoms with Gasteiger partial charge in [-0.3, -0.25) is 0 Å². The summed E-state index contributed by atoms with van der Waals surface area (Å²) in [6.45, 7) is 0. The molecule has 10 rings (SSSR count). The molecule has 0 aliphatic carbocycles. The van der Waals surface area contributed by atoms with Gasteiger partial charge in [-0.05, 0) is 84.4 Å². The Hall–Kier alpha value is -6.44. The highest BCUT2D eigenvalue weighted by Crippen LogP contribution is 2.40. The molecule has 0 bridgehead atoms. The lowest BCUT2D eigenvalue weighted by molar-refractivity contribution is 1.18. The first-order valence-corrected chi connectivity index (χ1v) is 16.9. The normalized spacial score (nSPS) is 11.7. The first kappa shape index (κ1) is 27.7. The maximum absolute atomic E-state index is 2.44. The van der Waals surface area contributed by atoms with Crippen LogP contribution in [-0.2, 0) is 0 Å². The summed E-state index contributed by atoms with van der Waals surface area (Å²) >= 11 is 0. The van der Waals surface area contributed by atoms with Crippen LogP contribution in [0.3, 0.4) is 0 Å². The van der Waals surface area contributed by atoms with Crippen molar-refractivity contribution >= 4 is 54.1 Å². The molecular formula is C48H31N. The van der Waals surface area contributed by atoms with Crippen LogP contribution in [0, 0.1) is 0 Å². The molecule has 0 spiro atoms. The van der Waals surface area contributed by atoms with E-state index in [2.05, 4.69) is 193 Å². The highest BCUT2D eigenvalue weighted by Gasteiger charge is 2.16. The fourth-order valence-electron chi connectivity index (χ4n) is 7.88. The molecule has 0 fully saturated rings. The molecule has 1 nitrogen and oxygen atoms in total. The van der Waals surface area contributed by atoms with E-state index in [-0.39, 0.29) is 0 Å². The van der Waals surface area contributed by atoms with E-state index >= 15 is 0 Å². The lowest BCUT2D eigenvalue weighted by Crippen LogP contribution is -1.97. The second kappa shape index (κ2) is 11.1. The standard InChI is InChI=1S/C48H31N/c1-2-12-32(13-3-1)36-27-29-44-43-19-9-11-21-47(43)49(48(44)31-36)46-20-10-8-14-37(46)34-24-22-33(23-25-34)35-26-28-42-40-17-5-4-15-38(40)39-16-6-7-18-41(39)45(42)30-35/h1-31H. The zero-order chi connectivity index (χ0) is 32.3. The molecule has 1 aromatic heterocycles. The van der Waals surface area contributed by atoms with Gasteiger partial charge in [0.2, 0.25) is 0 Å². The van der Waals surface area contributed by atoms with Gasteiger partial charge in [0, 0.05) is 16.3 Å². The first-order valence-electron chi connectivity index (χ1n) is 16.9. The number of hydrogen-bond donors (Lipinski definition) is 0. The van der Waals surface area contributed by atoms with Crippen LogP contribution in [0.15, 0.2) is 188 Å². The smallest absolute Gasteiger partial charge is 0.0547 e. The Labute approximate surface area is 284 Å². The second-order valence-corrected chi connectivity index (χ2v) is 12.9. The van der Waals surface area contributed by atoms with Crippen molar-refractivity contribution in [1.82, 2.24) is 4.57 Å². The molecule has 0 saturated carbocycles. The van der Waals surface area contributed by atoms with Gasteiger partial charge >= 0.3 is 0 Å². The van der Waals surface area contributed by atoms with Crippen molar-refractivity contribution in [2.24, 2.45) is 0 Å². The molecule has 0 aliphatic rings. The molecule has 0 amide bonds. The monoisotopic (exact) mass is 621 g/mol. The van der Waals surface area contributed by atoms with E-state index in [4.69, 9.17) is 0 Å². The molecular weight excluding hydrogens is 591 g/mol. The largest absolute Gasteiger partial charge is 0.309 e. The van der Waals surface area contributed by atoms with Gasteiger partial charge in [-0.25, -0.2) is 0 Å². The number of rotatable bonds is 4. The van der Waals surface area contributed by atoms with Crippen molar-refractivity contribution in [3.8, 4) is 39.1 Å². The van der Waals surface area contributed by atoms with Gasteiger partial charge < -0.3 is 4.57 Å². The molecule has 0 radical (unpaired) electrons. The first-order chi connectivity index (χ1) is 24.3. The Morgan fingerprint density at radius 3 is 1.41 bits per heavy atom. The summed E-state index contributed by atoms with van der Waals surface area (Å²) in [5.74, 6) is 0. The molecule has 10 aromatic rings. The Morgan fingerprint density at radius 2 is 0.694 bits per heavy atom. The van der Waals surface area contributed by atoms with E-state index in [1.165, 1.54) is 93.2 Å². The summed E-state index contributed by atoms with van der Waals surface area (Å²) in [6.07, 6.45) is 0. The SMILES string of the molecule is c1ccc(-c2ccc3c4ccccc4n(-c4ccccc4-c4ccc(-c5ccc6c7ccccc7c7ccccc7c6c5)cc4)c3c2)cc1. The quantitative estimate of drug-likeness (QED) is 0.172. The van der Waals surface area contributed by atoms with Crippen LogP contribution in [0.1, 0.15) is 0 Å². The number of benzene rings is 9. The molecule has 1 heterocycles. The predicted octanol–water partition coefficient (Wildman–Crippen LogP) is 13.2. The van der Waals surface area contributed by atoms with Gasteiger partial charge in [-0.15, -0.1) is 0 Å². The van der Waals surface area contributed by atoms with E-state index < -0.39 is 0 Å². The molecule has 0 aliphatic heterocycles. The molecule has 228 valence electrons. The zero-order valence-corrected chi connectivity index (χ0v) is 26.8. The van der Waals surface area contributed by atoms with Gasteiger partial charge in [-0.1, -0.05) is 164 Å². The van der Waals surface area contributed by atoms with E-state index in [1.807, 2.05) is 0 Å². The van der Waals surface area contributed by atoms with Crippen LogP contribution in [-0.4, -0.2) is 4.57 Å². The van der Waals surface area contributed by atoms with Crippen LogP contribution in [0.25, 0.3) is 93.2 Å². The van der Waals surface area contributed by atoms with Gasteiger partial charge in [0.1, 0.15) is 0 Å². The van der Waals surface area contributed by atoms with Crippen LogP contribution in [0.2, 0.25) is 0 Å². The van der Waals surface area contributed by atoms with Gasteiger partial charge in [0.15, 0.2) is 0 Å². The number of hydrogen-bond acceptors (Lipinski definition) is 0. The Balaban J connectivity index is 1.11. The summed E-state index contributed by atoms with van der Waals surface area (Å²) in [7, 11) is 0. The highest BCUT2D eigenvalue weighted by atomic mass is 15.0. The molecule has 49 heavy (non-hydrogen) atoms. The van der Waals surface area contributed by atoms with Crippen molar-refractivity contribution in [3.05, 3.63) is 188 Å². The van der Waals surface area contributed by atoms with Crippen molar-refractivity contribution in [1.29, 1.82) is 0 Å². The lowest BCUT2D eigenvalue weighted by Gasteiger charge is -2.15.